The van der Waals surface area contributed by atoms with E-state index in [0.717, 1.165) is 12.1 Å². The Hall–Kier alpha value is -1.80. The zero-order valence-corrected chi connectivity index (χ0v) is 12.1. The van der Waals surface area contributed by atoms with Gasteiger partial charge in [-0.15, -0.1) is 0 Å². The van der Waals surface area contributed by atoms with Gasteiger partial charge in [0.15, 0.2) is 0 Å². The normalized spacial score (nSPS) is 12.8. The molecule has 0 radical (unpaired) electrons. The van der Waals surface area contributed by atoms with Crippen LogP contribution in [0.25, 0.3) is 0 Å². The van der Waals surface area contributed by atoms with Crippen molar-refractivity contribution in [1.82, 2.24) is 10.6 Å². The maximum Gasteiger partial charge on any atom is 0.416 e. The average molecular weight is 320 g/mol. The topological polar surface area (TPSA) is 70.6 Å². The maximum absolute atomic E-state index is 12.4. The van der Waals surface area contributed by atoms with Gasteiger partial charge in [-0.25, -0.2) is 4.79 Å². The number of urea groups is 1. The van der Waals surface area contributed by atoms with Crippen molar-refractivity contribution in [2.75, 3.05) is 26.8 Å². The number of aliphatic hydroxyl groups excluding tert-OH is 1. The Bertz CT molecular complexity index is 463. The van der Waals surface area contributed by atoms with E-state index in [1.165, 1.54) is 19.2 Å². The van der Waals surface area contributed by atoms with Gasteiger partial charge in [-0.3, -0.25) is 0 Å². The molecule has 3 N–H and O–H groups in total. The number of alkyl halides is 3. The second-order valence-electron chi connectivity index (χ2n) is 4.69. The fraction of sp³-hybridized carbons (Fsp3) is 0.500. The standard InChI is InChI=1S/C14H19F3N2O3/c1-22-9-12(20)8-19-13(21)18-7-6-10-2-4-11(5-3-10)14(15,16)17/h2-5,12,20H,6-9H2,1H3,(H2,18,19,21). The van der Waals surface area contributed by atoms with E-state index in [0.29, 0.717) is 12.0 Å². The number of nitrogens with one attached hydrogen (secondary N) is 2. The van der Waals surface area contributed by atoms with Crippen molar-refractivity contribution < 1.29 is 27.8 Å². The summed E-state index contributed by atoms with van der Waals surface area (Å²) in [7, 11) is 1.44. The van der Waals surface area contributed by atoms with Crippen LogP contribution in [-0.4, -0.2) is 44.0 Å². The first-order chi connectivity index (χ1) is 10.3. The average Bonchev–Trinajstić information content (AvgIpc) is 2.45. The largest absolute Gasteiger partial charge is 0.416 e. The smallest absolute Gasteiger partial charge is 0.389 e. The molecule has 1 aromatic rings. The molecular weight excluding hydrogens is 301 g/mol. The van der Waals surface area contributed by atoms with Gasteiger partial charge in [-0.05, 0) is 24.1 Å². The molecule has 1 unspecified atom stereocenters. The number of carbonyl (C=O) groups is 1. The van der Waals surface area contributed by atoms with Crippen molar-refractivity contribution in [2.24, 2.45) is 0 Å². The van der Waals surface area contributed by atoms with Crippen molar-refractivity contribution in [1.29, 1.82) is 0 Å². The first-order valence-corrected chi connectivity index (χ1v) is 6.67. The number of ether oxygens (including phenoxy) is 1. The van der Waals surface area contributed by atoms with Crippen molar-refractivity contribution in [2.45, 2.75) is 18.7 Å². The predicted molar refractivity (Wildman–Crippen MR) is 74.4 cm³/mol. The molecule has 1 aromatic carbocycles. The van der Waals surface area contributed by atoms with Gasteiger partial charge in [0.1, 0.15) is 0 Å². The summed E-state index contributed by atoms with van der Waals surface area (Å²) in [5.74, 6) is 0. The van der Waals surface area contributed by atoms with Gasteiger partial charge >= 0.3 is 12.2 Å². The first kappa shape index (κ1) is 18.2. The molecule has 5 nitrogen and oxygen atoms in total. The molecular formula is C14H19F3N2O3. The Labute approximate surface area is 126 Å². The van der Waals surface area contributed by atoms with Crippen LogP contribution in [0.2, 0.25) is 0 Å². The number of benzene rings is 1. The third kappa shape index (κ3) is 6.77. The van der Waals surface area contributed by atoms with Gasteiger partial charge < -0.3 is 20.5 Å². The number of hydrogen-bond donors (Lipinski definition) is 3. The molecule has 0 aliphatic rings. The van der Waals surface area contributed by atoms with Gasteiger partial charge in [-0.2, -0.15) is 13.2 Å². The van der Waals surface area contributed by atoms with E-state index in [4.69, 9.17) is 4.74 Å². The molecule has 1 rings (SSSR count). The van der Waals surface area contributed by atoms with Crippen LogP contribution < -0.4 is 10.6 Å². The fourth-order valence-corrected chi connectivity index (χ4v) is 1.71. The third-order valence-electron chi connectivity index (χ3n) is 2.84. The van der Waals surface area contributed by atoms with Crippen molar-refractivity contribution in [3.63, 3.8) is 0 Å². The summed E-state index contributed by atoms with van der Waals surface area (Å²) in [4.78, 5) is 11.4. The maximum atomic E-state index is 12.4. The van der Waals surface area contributed by atoms with Crippen LogP contribution in [0.3, 0.4) is 0 Å². The Balaban J connectivity index is 2.28. The van der Waals surface area contributed by atoms with Crippen LogP contribution >= 0.6 is 0 Å². The lowest BCUT2D eigenvalue weighted by molar-refractivity contribution is -0.137. The Kier molecular flexibility index (Phi) is 7.13. The number of halogens is 3. The van der Waals surface area contributed by atoms with Gasteiger partial charge in [0.25, 0.3) is 0 Å². The minimum atomic E-state index is -4.35. The van der Waals surface area contributed by atoms with E-state index in [1.54, 1.807) is 0 Å². The molecule has 0 aliphatic carbocycles. The number of carbonyl (C=O) groups excluding carboxylic acids is 1. The van der Waals surface area contributed by atoms with E-state index >= 15 is 0 Å². The second kappa shape index (κ2) is 8.60. The molecule has 22 heavy (non-hydrogen) atoms. The van der Waals surface area contributed by atoms with Crippen molar-refractivity contribution in [3.8, 4) is 0 Å². The molecule has 0 aromatic heterocycles. The number of aliphatic hydroxyl groups is 1. The minimum absolute atomic E-state index is 0.0555. The highest BCUT2D eigenvalue weighted by Crippen LogP contribution is 2.29. The van der Waals surface area contributed by atoms with E-state index in [2.05, 4.69) is 10.6 Å². The minimum Gasteiger partial charge on any atom is -0.389 e. The first-order valence-electron chi connectivity index (χ1n) is 6.67. The number of methoxy groups -OCH3 is 1. The van der Waals surface area contributed by atoms with E-state index < -0.39 is 23.9 Å². The van der Waals surface area contributed by atoms with Crippen LogP contribution in [-0.2, 0) is 17.3 Å². The van der Waals surface area contributed by atoms with Crippen LogP contribution in [0.4, 0.5) is 18.0 Å². The van der Waals surface area contributed by atoms with Crippen LogP contribution in [0.1, 0.15) is 11.1 Å². The summed E-state index contributed by atoms with van der Waals surface area (Å²) in [5, 5.41) is 14.3. The lowest BCUT2D eigenvalue weighted by Gasteiger charge is -2.12. The highest BCUT2D eigenvalue weighted by atomic mass is 19.4. The molecule has 1 atom stereocenters. The van der Waals surface area contributed by atoms with Crippen molar-refractivity contribution in [3.05, 3.63) is 35.4 Å². The summed E-state index contributed by atoms with van der Waals surface area (Å²) >= 11 is 0. The molecule has 2 amide bonds. The summed E-state index contributed by atoms with van der Waals surface area (Å²) in [6, 6.07) is 4.32. The zero-order chi connectivity index (χ0) is 16.6. The molecule has 8 heteroatoms. The zero-order valence-electron chi connectivity index (χ0n) is 12.1. The third-order valence-corrected chi connectivity index (χ3v) is 2.84. The Morgan fingerprint density at radius 2 is 1.91 bits per heavy atom. The van der Waals surface area contributed by atoms with Crippen LogP contribution in [0.15, 0.2) is 24.3 Å². The Morgan fingerprint density at radius 3 is 2.45 bits per heavy atom. The molecule has 0 aliphatic heterocycles. The number of rotatable bonds is 7. The number of amides is 2. The molecule has 0 spiro atoms. The van der Waals surface area contributed by atoms with Gasteiger partial charge in [-0.1, -0.05) is 12.1 Å². The highest BCUT2D eigenvalue weighted by Gasteiger charge is 2.29. The monoisotopic (exact) mass is 320 g/mol. The van der Waals surface area contributed by atoms with Gasteiger partial charge in [0, 0.05) is 20.2 Å². The molecule has 124 valence electrons. The Morgan fingerprint density at radius 1 is 1.27 bits per heavy atom. The summed E-state index contributed by atoms with van der Waals surface area (Å²) < 4.78 is 41.9. The highest BCUT2D eigenvalue weighted by molar-refractivity contribution is 5.73. The van der Waals surface area contributed by atoms with Gasteiger partial charge in [0.05, 0.1) is 18.3 Å². The quantitative estimate of drug-likeness (QED) is 0.714. The molecule has 0 saturated heterocycles. The number of hydrogen-bond acceptors (Lipinski definition) is 3. The second-order valence-corrected chi connectivity index (χ2v) is 4.69. The molecule has 0 bridgehead atoms. The lowest BCUT2D eigenvalue weighted by atomic mass is 10.1. The van der Waals surface area contributed by atoms with E-state index in [1.807, 2.05) is 0 Å². The van der Waals surface area contributed by atoms with E-state index in [-0.39, 0.29) is 19.7 Å². The SMILES string of the molecule is COCC(O)CNC(=O)NCCc1ccc(C(F)(F)F)cc1. The summed E-state index contributed by atoms with van der Waals surface area (Å²) in [6.45, 7) is 0.448. The summed E-state index contributed by atoms with van der Waals surface area (Å²) in [6.07, 6.45) is -4.73. The van der Waals surface area contributed by atoms with Crippen LogP contribution in [0.5, 0.6) is 0 Å². The van der Waals surface area contributed by atoms with E-state index in [9.17, 15) is 23.1 Å². The fourth-order valence-electron chi connectivity index (χ4n) is 1.71. The molecule has 0 fully saturated rings. The lowest BCUT2D eigenvalue weighted by Crippen LogP contribution is -2.41. The van der Waals surface area contributed by atoms with Gasteiger partial charge in [0.2, 0.25) is 0 Å². The molecule has 0 heterocycles. The predicted octanol–water partition coefficient (Wildman–Crippen LogP) is 1.55. The van der Waals surface area contributed by atoms with Crippen molar-refractivity contribution >= 4 is 6.03 Å². The summed E-state index contributed by atoms with van der Waals surface area (Å²) in [5.41, 5.74) is -0.0122. The van der Waals surface area contributed by atoms with Crippen LogP contribution in [0, 0.1) is 0 Å². The molecule has 0 saturated carbocycles.